The van der Waals surface area contributed by atoms with Crippen molar-refractivity contribution in [1.82, 2.24) is 4.98 Å². The molecule has 0 atom stereocenters. The topological polar surface area (TPSA) is 79.7 Å². The van der Waals surface area contributed by atoms with Gasteiger partial charge in [-0.15, -0.1) is 0 Å². The Morgan fingerprint density at radius 1 is 1.32 bits per heavy atom. The first-order chi connectivity index (χ1) is 9.05. The van der Waals surface area contributed by atoms with Crippen molar-refractivity contribution in [3.05, 3.63) is 18.2 Å². The van der Waals surface area contributed by atoms with Gasteiger partial charge in [-0.1, -0.05) is 17.4 Å². The SMILES string of the molecule is O=S(=O)(O)c1cccc2sc(N3CCOCC3)nc12. The monoisotopic (exact) mass is 300 g/mol. The zero-order valence-corrected chi connectivity index (χ0v) is 11.6. The zero-order chi connectivity index (χ0) is 13.5. The fraction of sp³-hybridized carbons (Fsp3) is 0.364. The summed E-state index contributed by atoms with van der Waals surface area (Å²) < 4.78 is 37.9. The van der Waals surface area contributed by atoms with Gasteiger partial charge in [0.1, 0.15) is 10.4 Å². The summed E-state index contributed by atoms with van der Waals surface area (Å²) in [5.41, 5.74) is 0.330. The number of fused-ring (bicyclic) bond motifs is 1. The number of ether oxygens (including phenoxy) is 1. The number of nitrogens with zero attached hydrogens (tertiary/aromatic N) is 2. The molecule has 19 heavy (non-hydrogen) atoms. The van der Waals surface area contributed by atoms with E-state index in [2.05, 4.69) is 9.88 Å². The second-order valence-electron chi connectivity index (χ2n) is 4.17. The number of hydrogen-bond donors (Lipinski definition) is 1. The van der Waals surface area contributed by atoms with E-state index in [0.717, 1.165) is 22.9 Å². The highest BCUT2D eigenvalue weighted by molar-refractivity contribution is 7.86. The summed E-state index contributed by atoms with van der Waals surface area (Å²) in [6.45, 7) is 2.75. The minimum absolute atomic E-state index is 0.138. The van der Waals surface area contributed by atoms with Crippen molar-refractivity contribution >= 4 is 36.8 Å². The molecule has 0 spiro atoms. The van der Waals surface area contributed by atoms with E-state index >= 15 is 0 Å². The Labute approximate surface area is 114 Å². The molecule has 1 N–H and O–H groups in total. The summed E-state index contributed by atoms with van der Waals surface area (Å²) in [5, 5.41) is 0.759. The highest BCUT2D eigenvalue weighted by Crippen LogP contribution is 2.32. The molecule has 1 fully saturated rings. The van der Waals surface area contributed by atoms with Crippen LogP contribution in [0.2, 0.25) is 0 Å². The summed E-state index contributed by atoms with van der Waals surface area (Å²) in [4.78, 5) is 6.27. The molecule has 0 bridgehead atoms. The van der Waals surface area contributed by atoms with Crippen LogP contribution < -0.4 is 4.90 Å². The number of benzene rings is 1. The van der Waals surface area contributed by atoms with E-state index in [0.29, 0.717) is 18.7 Å². The number of para-hydroxylation sites is 1. The van der Waals surface area contributed by atoms with E-state index in [9.17, 15) is 13.0 Å². The van der Waals surface area contributed by atoms with Crippen molar-refractivity contribution in [3.8, 4) is 0 Å². The molecule has 1 saturated heterocycles. The number of rotatable bonds is 2. The maximum Gasteiger partial charge on any atom is 0.296 e. The molecule has 0 amide bonds. The smallest absolute Gasteiger partial charge is 0.296 e. The zero-order valence-electron chi connectivity index (χ0n) is 9.94. The number of aromatic nitrogens is 1. The van der Waals surface area contributed by atoms with Crippen molar-refractivity contribution < 1.29 is 17.7 Å². The van der Waals surface area contributed by atoms with Gasteiger partial charge in [0.15, 0.2) is 5.13 Å². The summed E-state index contributed by atoms with van der Waals surface area (Å²) >= 11 is 1.42. The quantitative estimate of drug-likeness (QED) is 0.844. The van der Waals surface area contributed by atoms with Gasteiger partial charge in [0.2, 0.25) is 0 Å². The molecule has 3 rings (SSSR count). The molecule has 2 heterocycles. The van der Waals surface area contributed by atoms with Crippen molar-refractivity contribution in [2.24, 2.45) is 0 Å². The molecule has 1 aromatic carbocycles. The summed E-state index contributed by atoms with van der Waals surface area (Å²) in [5.74, 6) is 0. The third-order valence-corrected chi connectivity index (χ3v) is 4.90. The second-order valence-corrected chi connectivity index (χ2v) is 6.57. The van der Waals surface area contributed by atoms with Crippen LogP contribution in [-0.4, -0.2) is 44.3 Å². The lowest BCUT2D eigenvalue weighted by Crippen LogP contribution is -2.36. The first-order valence-electron chi connectivity index (χ1n) is 5.75. The molecule has 2 aromatic rings. The maximum atomic E-state index is 11.3. The van der Waals surface area contributed by atoms with E-state index in [1.807, 2.05) is 0 Å². The lowest BCUT2D eigenvalue weighted by molar-refractivity contribution is 0.122. The normalized spacial score (nSPS) is 17.0. The first kappa shape index (κ1) is 12.8. The molecule has 1 aromatic heterocycles. The Balaban J connectivity index is 2.10. The summed E-state index contributed by atoms with van der Waals surface area (Å²) in [6.07, 6.45) is 0. The molecular weight excluding hydrogens is 288 g/mol. The van der Waals surface area contributed by atoms with Gasteiger partial charge in [-0.2, -0.15) is 8.42 Å². The minimum Gasteiger partial charge on any atom is -0.378 e. The van der Waals surface area contributed by atoms with Crippen molar-refractivity contribution in [2.75, 3.05) is 31.2 Å². The third-order valence-electron chi connectivity index (χ3n) is 2.93. The molecule has 6 nitrogen and oxygen atoms in total. The number of anilines is 1. The van der Waals surface area contributed by atoms with Crippen LogP contribution in [0.15, 0.2) is 23.1 Å². The predicted octanol–water partition coefficient (Wildman–Crippen LogP) is 1.38. The van der Waals surface area contributed by atoms with Crippen LogP contribution in [0, 0.1) is 0 Å². The van der Waals surface area contributed by atoms with Crippen molar-refractivity contribution in [2.45, 2.75) is 4.90 Å². The lowest BCUT2D eigenvalue weighted by atomic mass is 10.3. The van der Waals surface area contributed by atoms with E-state index in [-0.39, 0.29) is 4.90 Å². The largest absolute Gasteiger partial charge is 0.378 e. The molecule has 0 unspecified atom stereocenters. The van der Waals surface area contributed by atoms with Gasteiger partial charge in [-0.25, -0.2) is 4.98 Å². The standard InChI is InChI=1S/C11H12N2O4S2/c14-19(15,16)9-3-1-2-8-10(9)12-11(18-8)13-4-6-17-7-5-13/h1-3H,4-7H2,(H,14,15,16). The predicted molar refractivity (Wildman–Crippen MR) is 72.5 cm³/mol. The van der Waals surface area contributed by atoms with Gasteiger partial charge < -0.3 is 9.64 Å². The third kappa shape index (κ3) is 2.44. The van der Waals surface area contributed by atoms with E-state index in [4.69, 9.17) is 4.74 Å². The minimum atomic E-state index is -4.25. The molecule has 1 aliphatic rings. The number of thiazole rings is 1. The van der Waals surface area contributed by atoms with Crippen LogP contribution in [0.25, 0.3) is 10.2 Å². The Kier molecular flexibility index (Phi) is 3.17. The number of morpholine rings is 1. The summed E-state index contributed by atoms with van der Waals surface area (Å²) in [6, 6.07) is 4.76. The van der Waals surface area contributed by atoms with Crippen LogP contribution in [-0.2, 0) is 14.9 Å². The molecular formula is C11H12N2O4S2. The first-order valence-corrected chi connectivity index (χ1v) is 8.01. The van der Waals surface area contributed by atoms with Crippen LogP contribution in [0.1, 0.15) is 0 Å². The lowest BCUT2D eigenvalue weighted by Gasteiger charge is -2.25. The van der Waals surface area contributed by atoms with Crippen LogP contribution >= 0.6 is 11.3 Å². The molecule has 0 saturated carbocycles. The molecule has 8 heteroatoms. The van der Waals surface area contributed by atoms with Gasteiger partial charge >= 0.3 is 0 Å². The fourth-order valence-corrected chi connectivity index (χ4v) is 3.77. The second kappa shape index (κ2) is 4.71. The molecule has 102 valence electrons. The van der Waals surface area contributed by atoms with E-state index in [1.165, 1.54) is 17.4 Å². The van der Waals surface area contributed by atoms with Crippen molar-refractivity contribution in [1.29, 1.82) is 0 Å². The molecule has 0 radical (unpaired) electrons. The fourth-order valence-electron chi connectivity index (χ4n) is 2.01. The van der Waals surface area contributed by atoms with Crippen LogP contribution in [0.5, 0.6) is 0 Å². The van der Waals surface area contributed by atoms with Crippen molar-refractivity contribution in [3.63, 3.8) is 0 Å². The molecule has 1 aliphatic heterocycles. The Morgan fingerprint density at radius 2 is 2.05 bits per heavy atom. The highest BCUT2D eigenvalue weighted by Gasteiger charge is 2.20. The average Bonchev–Trinajstić information content (AvgIpc) is 2.82. The van der Waals surface area contributed by atoms with Gasteiger partial charge in [0, 0.05) is 13.1 Å². The van der Waals surface area contributed by atoms with Gasteiger partial charge in [0.05, 0.1) is 17.9 Å². The average molecular weight is 300 g/mol. The highest BCUT2D eigenvalue weighted by atomic mass is 32.2. The Hall–Kier alpha value is -1.22. The Morgan fingerprint density at radius 3 is 2.74 bits per heavy atom. The molecule has 0 aliphatic carbocycles. The van der Waals surface area contributed by atoms with Gasteiger partial charge in [0.25, 0.3) is 10.1 Å². The Bertz CT molecular complexity index is 705. The van der Waals surface area contributed by atoms with E-state index < -0.39 is 10.1 Å². The summed E-state index contributed by atoms with van der Waals surface area (Å²) in [7, 11) is -4.25. The maximum absolute atomic E-state index is 11.3. The van der Waals surface area contributed by atoms with Gasteiger partial charge in [-0.05, 0) is 12.1 Å². The van der Waals surface area contributed by atoms with E-state index in [1.54, 1.807) is 12.1 Å². The number of hydrogen-bond acceptors (Lipinski definition) is 6. The van der Waals surface area contributed by atoms with Crippen LogP contribution in [0.4, 0.5) is 5.13 Å². The van der Waals surface area contributed by atoms with Gasteiger partial charge in [-0.3, -0.25) is 4.55 Å². The van der Waals surface area contributed by atoms with Crippen LogP contribution in [0.3, 0.4) is 0 Å².